The number of likely N-dealkylation sites (tertiary alicyclic amines) is 1. The molecule has 0 radical (unpaired) electrons. The van der Waals surface area contributed by atoms with Crippen LogP contribution in [0, 0.1) is 0 Å². The number of carbonyl (C=O) groups excluding carboxylic acids is 2. The minimum absolute atomic E-state index is 0.164. The second-order valence-electron chi connectivity index (χ2n) is 7.34. The van der Waals surface area contributed by atoms with Gasteiger partial charge in [-0.05, 0) is 54.8 Å². The van der Waals surface area contributed by atoms with Crippen molar-refractivity contribution in [2.75, 3.05) is 13.7 Å². The molecule has 4 rings (SSSR count). The first kappa shape index (κ1) is 20.9. The van der Waals surface area contributed by atoms with E-state index in [1.54, 1.807) is 34.0 Å². The fourth-order valence-corrected chi connectivity index (χ4v) is 3.95. The molecule has 1 unspecified atom stereocenters. The van der Waals surface area contributed by atoms with Gasteiger partial charge in [-0.3, -0.25) is 9.59 Å². The molecule has 0 bridgehead atoms. The van der Waals surface area contributed by atoms with Crippen LogP contribution in [0.4, 0.5) is 0 Å². The van der Waals surface area contributed by atoms with E-state index in [0.29, 0.717) is 35.8 Å². The molecule has 3 aromatic rings. The average Bonchev–Trinajstić information content (AvgIpc) is 3.50. The Morgan fingerprint density at radius 3 is 2.74 bits per heavy atom. The number of amides is 2. The molecule has 8 heteroatoms. The average molecular weight is 439 g/mol. The van der Waals surface area contributed by atoms with E-state index in [9.17, 15) is 9.59 Å². The summed E-state index contributed by atoms with van der Waals surface area (Å²) in [6.45, 7) is 0.905. The van der Waals surface area contributed by atoms with E-state index >= 15 is 0 Å². The van der Waals surface area contributed by atoms with Crippen molar-refractivity contribution in [1.82, 2.24) is 20.0 Å². The molecular formula is C23H23ClN4O3. The van der Waals surface area contributed by atoms with Crippen molar-refractivity contribution in [1.29, 1.82) is 0 Å². The van der Waals surface area contributed by atoms with Crippen LogP contribution < -0.4 is 10.1 Å². The third-order valence-electron chi connectivity index (χ3n) is 5.38. The molecule has 0 aliphatic carbocycles. The number of aromatic nitrogens is 2. The van der Waals surface area contributed by atoms with Gasteiger partial charge in [0.25, 0.3) is 5.91 Å². The Balaban J connectivity index is 1.41. The Morgan fingerprint density at radius 1 is 1.23 bits per heavy atom. The van der Waals surface area contributed by atoms with Crippen molar-refractivity contribution in [3.05, 3.63) is 77.1 Å². The molecule has 1 N–H and O–H groups in total. The van der Waals surface area contributed by atoms with Crippen LogP contribution in [0.5, 0.6) is 5.75 Å². The van der Waals surface area contributed by atoms with E-state index in [1.165, 1.54) is 7.11 Å². The molecule has 7 nitrogen and oxygen atoms in total. The van der Waals surface area contributed by atoms with Gasteiger partial charge in [-0.1, -0.05) is 23.7 Å². The molecule has 1 saturated heterocycles. The van der Waals surface area contributed by atoms with Gasteiger partial charge in [-0.2, -0.15) is 5.10 Å². The van der Waals surface area contributed by atoms with Gasteiger partial charge in [0, 0.05) is 30.5 Å². The van der Waals surface area contributed by atoms with Crippen LogP contribution in [-0.4, -0.2) is 46.2 Å². The summed E-state index contributed by atoms with van der Waals surface area (Å²) in [6.07, 6.45) is 4.99. The number of rotatable bonds is 6. The molecule has 1 atom stereocenters. The van der Waals surface area contributed by atoms with Crippen molar-refractivity contribution in [2.24, 2.45) is 0 Å². The minimum Gasteiger partial charge on any atom is -0.496 e. The highest BCUT2D eigenvalue weighted by Crippen LogP contribution is 2.27. The highest BCUT2D eigenvalue weighted by atomic mass is 35.5. The van der Waals surface area contributed by atoms with Crippen LogP contribution in [0.1, 0.15) is 28.8 Å². The van der Waals surface area contributed by atoms with Crippen molar-refractivity contribution < 1.29 is 14.3 Å². The first-order valence-corrected chi connectivity index (χ1v) is 10.5. The molecule has 2 aromatic carbocycles. The minimum atomic E-state index is -0.514. The Hall–Kier alpha value is -3.32. The Morgan fingerprint density at radius 2 is 2.03 bits per heavy atom. The quantitative estimate of drug-likeness (QED) is 0.639. The molecule has 0 spiro atoms. The zero-order valence-corrected chi connectivity index (χ0v) is 17.9. The van der Waals surface area contributed by atoms with Crippen LogP contribution in [0.15, 0.2) is 60.9 Å². The van der Waals surface area contributed by atoms with Gasteiger partial charge in [0.05, 0.1) is 18.4 Å². The molecule has 1 aliphatic heterocycles. The van der Waals surface area contributed by atoms with Gasteiger partial charge in [0.2, 0.25) is 5.91 Å². The lowest BCUT2D eigenvalue weighted by Gasteiger charge is -2.25. The zero-order chi connectivity index (χ0) is 21.8. The third kappa shape index (κ3) is 4.56. The molecule has 2 amide bonds. The number of ether oxygens (including phenoxy) is 1. The molecule has 2 heterocycles. The summed E-state index contributed by atoms with van der Waals surface area (Å²) in [4.78, 5) is 27.6. The maximum absolute atomic E-state index is 13.1. The summed E-state index contributed by atoms with van der Waals surface area (Å²) >= 11 is 6.07. The number of nitrogens with zero attached hydrogens (tertiary/aromatic N) is 3. The van der Waals surface area contributed by atoms with Gasteiger partial charge in [-0.25, -0.2) is 4.68 Å². The lowest BCUT2D eigenvalue weighted by atomic mass is 10.1. The number of hydrogen-bond donors (Lipinski definition) is 1. The maximum Gasteiger partial charge on any atom is 0.258 e. The van der Waals surface area contributed by atoms with Gasteiger partial charge in [-0.15, -0.1) is 0 Å². The Kier molecular flexibility index (Phi) is 6.23. The fourth-order valence-electron chi connectivity index (χ4n) is 3.78. The number of benzene rings is 2. The Bertz CT molecular complexity index is 1070. The Labute approximate surface area is 185 Å². The zero-order valence-electron chi connectivity index (χ0n) is 17.1. The second kappa shape index (κ2) is 9.22. The number of methoxy groups -OCH3 is 1. The summed E-state index contributed by atoms with van der Waals surface area (Å²) in [7, 11) is 1.51. The molecule has 1 aromatic heterocycles. The van der Waals surface area contributed by atoms with Crippen molar-refractivity contribution in [2.45, 2.75) is 25.4 Å². The first-order chi connectivity index (χ1) is 15.1. The highest BCUT2D eigenvalue weighted by Gasteiger charge is 2.35. The van der Waals surface area contributed by atoms with Gasteiger partial charge < -0.3 is 15.0 Å². The number of hydrogen-bond acceptors (Lipinski definition) is 4. The van der Waals surface area contributed by atoms with E-state index in [4.69, 9.17) is 16.3 Å². The van der Waals surface area contributed by atoms with Crippen molar-refractivity contribution in [3.8, 4) is 11.4 Å². The van der Waals surface area contributed by atoms with Crippen molar-refractivity contribution in [3.63, 3.8) is 0 Å². The topological polar surface area (TPSA) is 76.5 Å². The maximum atomic E-state index is 13.1. The number of carbonyl (C=O) groups is 2. The molecule has 31 heavy (non-hydrogen) atoms. The molecule has 1 aliphatic rings. The lowest BCUT2D eigenvalue weighted by Crippen LogP contribution is -2.45. The lowest BCUT2D eigenvalue weighted by molar-refractivity contribution is -0.125. The monoisotopic (exact) mass is 438 g/mol. The smallest absolute Gasteiger partial charge is 0.258 e. The first-order valence-electron chi connectivity index (χ1n) is 10.1. The van der Waals surface area contributed by atoms with Crippen LogP contribution in [0.2, 0.25) is 5.02 Å². The van der Waals surface area contributed by atoms with Crippen LogP contribution in [-0.2, 0) is 11.3 Å². The molecule has 160 valence electrons. The summed E-state index contributed by atoms with van der Waals surface area (Å²) in [5.74, 6) is 0.0290. The van der Waals surface area contributed by atoms with Gasteiger partial charge >= 0.3 is 0 Å². The van der Waals surface area contributed by atoms with Gasteiger partial charge in [0.15, 0.2) is 0 Å². The number of halogens is 1. The normalized spacial score (nSPS) is 15.7. The third-order valence-corrected chi connectivity index (χ3v) is 5.62. The fraction of sp³-hybridized carbons (Fsp3) is 0.261. The van der Waals surface area contributed by atoms with Crippen molar-refractivity contribution >= 4 is 23.4 Å². The van der Waals surface area contributed by atoms with Crippen LogP contribution >= 0.6 is 11.6 Å². The predicted molar refractivity (Wildman–Crippen MR) is 117 cm³/mol. The standard InChI is InChI=1S/C23H23ClN4O3/c1-31-21-10-7-17(24)14-19(21)23(30)27-12-2-4-20(27)22(29)25-15-16-5-8-18(9-6-16)28-13-3-11-26-28/h3,5-11,13-14,20H,2,4,12,15H2,1H3,(H,25,29). The SMILES string of the molecule is COc1ccc(Cl)cc1C(=O)N1CCCC1C(=O)NCc1ccc(-n2cccn2)cc1. The van der Waals surface area contributed by atoms with E-state index < -0.39 is 6.04 Å². The van der Waals surface area contributed by atoms with Crippen LogP contribution in [0.3, 0.4) is 0 Å². The molecule has 0 saturated carbocycles. The van der Waals surface area contributed by atoms with Crippen LogP contribution in [0.25, 0.3) is 5.69 Å². The summed E-state index contributed by atoms with van der Waals surface area (Å²) in [5, 5.41) is 7.61. The van der Waals surface area contributed by atoms with Gasteiger partial charge in [0.1, 0.15) is 11.8 Å². The second-order valence-corrected chi connectivity index (χ2v) is 7.77. The predicted octanol–water partition coefficient (Wildman–Crippen LogP) is 3.46. The van der Waals surface area contributed by atoms with E-state index in [0.717, 1.165) is 17.7 Å². The summed E-state index contributed by atoms with van der Waals surface area (Å²) in [6, 6.07) is 14.1. The highest BCUT2D eigenvalue weighted by molar-refractivity contribution is 6.31. The summed E-state index contributed by atoms with van der Waals surface area (Å²) in [5.41, 5.74) is 2.28. The largest absolute Gasteiger partial charge is 0.496 e. The number of nitrogens with one attached hydrogen (secondary N) is 1. The van der Waals surface area contributed by atoms with E-state index in [1.807, 2.05) is 36.5 Å². The molecule has 1 fully saturated rings. The van der Waals surface area contributed by atoms with E-state index in [2.05, 4.69) is 10.4 Å². The van der Waals surface area contributed by atoms with E-state index in [-0.39, 0.29) is 11.8 Å². The molecular weight excluding hydrogens is 416 g/mol. The summed E-state index contributed by atoms with van der Waals surface area (Å²) < 4.78 is 7.08.